The van der Waals surface area contributed by atoms with Crippen molar-refractivity contribution in [1.82, 2.24) is 19.6 Å². The Labute approximate surface area is 231 Å². The molecule has 0 unspecified atom stereocenters. The van der Waals surface area contributed by atoms with E-state index in [0.29, 0.717) is 19.6 Å². The summed E-state index contributed by atoms with van der Waals surface area (Å²) in [5.74, 6) is -2.38. The normalized spacial score (nSPS) is 23.1. The van der Waals surface area contributed by atoms with Gasteiger partial charge in [0.15, 0.2) is 0 Å². The molecule has 8 nitrogen and oxygen atoms in total. The monoisotopic (exact) mass is 560 g/mol. The highest BCUT2D eigenvalue weighted by atomic mass is 19.4. The van der Waals surface area contributed by atoms with Gasteiger partial charge in [-0.1, -0.05) is 42.5 Å². The van der Waals surface area contributed by atoms with Gasteiger partial charge in [0.2, 0.25) is 11.8 Å². The highest BCUT2D eigenvalue weighted by Crippen LogP contribution is 2.50. The Kier molecular flexibility index (Phi) is 8.70. The van der Waals surface area contributed by atoms with Crippen molar-refractivity contribution in [2.24, 2.45) is 11.3 Å². The quantitative estimate of drug-likeness (QED) is 0.531. The number of benzene rings is 1. The van der Waals surface area contributed by atoms with Crippen molar-refractivity contribution in [3.8, 4) is 0 Å². The van der Waals surface area contributed by atoms with Crippen LogP contribution < -0.4 is 0 Å². The number of hydrogen-bond acceptors (Lipinski definition) is 4. The summed E-state index contributed by atoms with van der Waals surface area (Å²) in [5, 5.41) is 11.7. The molecule has 2 amide bonds. The summed E-state index contributed by atoms with van der Waals surface area (Å²) in [4.78, 5) is 40.5. The molecule has 40 heavy (non-hydrogen) atoms. The highest BCUT2D eigenvalue weighted by Gasteiger charge is 2.57. The fraction of sp³-hybridized carbons (Fsp3) is 0.517. The number of piperidine rings is 1. The Hall–Kier alpha value is -3.63. The zero-order valence-electron chi connectivity index (χ0n) is 22.7. The Morgan fingerprint density at radius 3 is 2.38 bits per heavy atom. The molecule has 3 aliphatic rings. The first-order valence-corrected chi connectivity index (χ1v) is 13.5. The molecule has 2 fully saturated rings. The van der Waals surface area contributed by atoms with Crippen LogP contribution in [-0.4, -0.2) is 68.3 Å². The number of hydrogen-bond donors (Lipinski definition) is 1. The van der Waals surface area contributed by atoms with Gasteiger partial charge in [-0.25, -0.2) is 4.79 Å². The van der Waals surface area contributed by atoms with Gasteiger partial charge in [-0.2, -0.15) is 18.3 Å². The number of rotatable bonds is 5. The van der Waals surface area contributed by atoms with Crippen molar-refractivity contribution in [1.29, 1.82) is 0 Å². The largest absolute Gasteiger partial charge is 0.490 e. The number of carboxylic acids is 1. The number of carboxylic acid groups (broad SMARTS) is 1. The summed E-state index contributed by atoms with van der Waals surface area (Å²) in [6.07, 6.45) is 4.36. The van der Waals surface area contributed by atoms with E-state index in [0.717, 1.165) is 43.5 Å². The number of carbonyl (C=O) groups is 3. The van der Waals surface area contributed by atoms with Gasteiger partial charge in [0, 0.05) is 55.9 Å². The van der Waals surface area contributed by atoms with Crippen molar-refractivity contribution >= 4 is 17.8 Å². The second-order valence-corrected chi connectivity index (χ2v) is 11.0. The van der Waals surface area contributed by atoms with E-state index in [4.69, 9.17) is 9.90 Å². The molecule has 2 saturated heterocycles. The molecule has 1 aliphatic carbocycles. The summed E-state index contributed by atoms with van der Waals surface area (Å²) in [6.45, 7) is 6.74. The highest BCUT2D eigenvalue weighted by molar-refractivity contribution is 5.88. The average molecular weight is 561 g/mol. The van der Waals surface area contributed by atoms with E-state index in [1.165, 1.54) is 0 Å². The SMILES string of the molecule is CC(C)n1nccc1[C@@H]1CN(C(=O)C2CC=CC2)C[C@]12CCCN(Cc1ccccc1)C2=O.O=C(O)C(F)(F)F. The van der Waals surface area contributed by atoms with Crippen LogP contribution in [0.25, 0.3) is 0 Å². The van der Waals surface area contributed by atoms with Crippen molar-refractivity contribution in [3.05, 3.63) is 66.0 Å². The first-order valence-electron chi connectivity index (χ1n) is 13.5. The molecule has 0 saturated carbocycles. The zero-order valence-corrected chi connectivity index (χ0v) is 22.7. The Morgan fingerprint density at radius 1 is 1.12 bits per heavy atom. The van der Waals surface area contributed by atoms with Gasteiger partial charge >= 0.3 is 12.1 Å². The molecule has 3 heterocycles. The van der Waals surface area contributed by atoms with Crippen LogP contribution in [0.1, 0.15) is 62.7 Å². The van der Waals surface area contributed by atoms with Crippen molar-refractivity contribution in [2.75, 3.05) is 19.6 Å². The molecule has 11 heteroatoms. The fourth-order valence-electron chi connectivity index (χ4n) is 6.10. The first kappa shape index (κ1) is 29.4. The van der Waals surface area contributed by atoms with E-state index in [2.05, 4.69) is 49.3 Å². The molecular formula is C29H35F3N4O4. The van der Waals surface area contributed by atoms with E-state index in [-0.39, 0.29) is 29.7 Å². The molecule has 1 aromatic heterocycles. The number of carbonyl (C=O) groups excluding carboxylic acids is 2. The van der Waals surface area contributed by atoms with Crippen LogP contribution in [0.4, 0.5) is 13.2 Å². The number of aromatic nitrogens is 2. The van der Waals surface area contributed by atoms with Crippen LogP contribution in [0.15, 0.2) is 54.7 Å². The van der Waals surface area contributed by atoms with Crippen LogP contribution in [0.3, 0.4) is 0 Å². The molecule has 2 atom stereocenters. The van der Waals surface area contributed by atoms with Crippen LogP contribution in [0.5, 0.6) is 0 Å². The Morgan fingerprint density at radius 2 is 1.77 bits per heavy atom. The van der Waals surface area contributed by atoms with Crippen molar-refractivity contribution < 1.29 is 32.7 Å². The molecule has 0 bridgehead atoms. The molecule has 1 N–H and O–H groups in total. The van der Waals surface area contributed by atoms with Gasteiger partial charge in [0.25, 0.3) is 0 Å². The lowest BCUT2D eigenvalue weighted by Gasteiger charge is -2.42. The van der Waals surface area contributed by atoms with E-state index in [1.807, 2.05) is 38.9 Å². The van der Waals surface area contributed by atoms with Gasteiger partial charge in [-0.15, -0.1) is 0 Å². The minimum absolute atomic E-state index is 0.0231. The van der Waals surface area contributed by atoms with E-state index < -0.39 is 17.6 Å². The minimum atomic E-state index is -5.08. The fourth-order valence-corrected chi connectivity index (χ4v) is 6.10. The summed E-state index contributed by atoms with van der Waals surface area (Å²) in [6, 6.07) is 12.5. The Balaban J connectivity index is 0.000000470. The third kappa shape index (κ3) is 6.08. The van der Waals surface area contributed by atoms with Crippen molar-refractivity contribution in [2.45, 2.75) is 64.2 Å². The van der Waals surface area contributed by atoms with E-state index >= 15 is 0 Å². The minimum Gasteiger partial charge on any atom is -0.475 e. The molecule has 1 aromatic carbocycles. The number of allylic oxidation sites excluding steroid dienone is 2. The molecular weight excluding hydrogens is 525 g/mol. The number of halogens is 3. The summed E-state index contributed by atoms with van der Waals surface area (Å²) in [5.41, 5.74) is 1.65. The lowest BCUT2D eigenvalue weighted by atomic mass is 9.70. The summed E-state index contributed by atoms with van der Waals surface area (Å²) < 4.78 is 33.8. The second-order valence-electron chi connectivity index (χ2n) is 11.0. The number of aliphatic carboxylic acids is 1. The lowest BCUT2D eigenvalue weighted by molar-refractivity contribution is -0.192. The third-order valence-corrected chi connectivity index (χ3v) is 7.98. The van der Waals surface area contributed by atoms with Crippen LogP contribution in [0, 0.1) is 11.3 Å². The van der Waals surface area contributed by atoms with Gasteiger partial charge in [0.05, 0.1) is 5.41 Å². The van der Waals surface area contributed by atoms with E-state index in [9.17, 15) is 22.8 Å². The van der Waals surface area contributed by atoms with Gasteiger partial charge in [-0.05, 0) is 51.2 Å². The summed E-state index contributed by atoms with van der Waals surface area (Å²) in [7, 11) is 0. The van der Waals surface area contributed by atoms with Gasteiger partial charge in [-0.3, -0.25) is 14.3 Å². The molecule has 1 spiro atoms. The second kappa shape index (κ2) is 11.9. The standard InChI is InChI=1S/C27H34N4O2.C2HF3O2/c1-20(2)31-24(13-15-28-31)23-18-30(25(32)22-11-6-7-12-22)19-27(23)14-8-16-29(26(27)33)17-21-9-4-3-5-10-21;3-2(4,5)1(6)7/h3-7,9-10,13,15,20,22-23H,8,11-12,14,16-19H2,1-2H3;(H,6,7)/t23-,27+;/m0./s1. The zero-order chi connectivity index (χ0) is 29.1. The predicted octanol–water partition coefficient (Wildman–Crippen LogP) is 4.80. The van der Waals surface area contributed by atoms with Gasteiger partial charge in [0.1, 0.15) is 0 Å². The summed E-state index contributed by atoms with van der Waals surface area (Å²) >= 11 is 0. The first-order chi connectivity index (χ1) is 18.9. The molecule has 5 rings (SSSR count). The third-order valence-electron chi connectivity index (χ3n) is 7.98. The molecule has 216 valence electrons. The number of amides is 2. The van der Waals surface area contributed by atoms with Gasteiger partial charge < -0.3 is 14.9 Å². The molecule has 2 aromatic rings. The molecule has 2 aliphatic heterocycles. The number of likely N-dealkylation sites (tertiary alicyclic amines) is 2. The number of alkyl halides is 3. The predicted molar refractivity (Wildman–Crippen MR) is 141 cm³/mol. The lowest BCUT2D eigenvalue weighted by Crippen LogP contribution is -2.52. The molecule has 0 radical (unpaired) electrons. The van der Waals surface area contributed by atoms with E-state index in [1.54, 1.807) is 0 Å². The maximum Gasteiger partial charge on any atom is 0.490 e. The van der Waals surface area contributed by atoms with Crippen LogP contribution in [-0.2, 0) is 20.9 Å². The smallest absolute Gasteiger partial charge is 0.475 e. The maximum absolute atomic E-state index is 14.2. The maximum atomic E-state index is 14.2. The number of nitrogens with zero attached hydrogens (tertiary/aromatic N) is 4. The van der Waals surface area contributed by atoms with Crippen molar-refractivity contribution in [3.63, 3.8) is 0 Å². The van der Waals surface area contributed by atoms with Crippen LogP contribution >= 0.6 is 0 Å². The van der Waals surface area contributed by atoms with Crippen LogP contribution in [0.2, 0.25) is 0 Å². The topological polar surface area (TPSA) is 95.7 Å². The Bertz CT molecular complexity index is 1240. The average Bonchev–Trinajstić information content (AvgIpc) is 3.67.